The van der Waals surface area contributed by atoms with Crippen LogP contribution in [0.3, 0.4) is 0 Å². The highest BCUT2D eigenvalue weighted by Crippen LogP contribution is 2.27. The largest absolute Gasteiger partial charge is 0.328 e. The van der Waals surface area contributed by atoms with E-state index in [4.69, 9.17) is 0 Å². The second kappa shape index (κ2) is 7.66. The number of amides is 1. The lowest BCUT2D eigenvalue weighted by molar-refractivity contribution is -0.384. The number of hydrogen-bond donors (Lipinski definition) is 2. The van der Waals surface area contributed by atoms with Gasteiger partial charge in [0.2, 0.25) is 0 Å². The number of aromatic nitrogens is 3. The molecule has 2 heterocycles. The molecule has 2 N–H and O–H groups in total. The van der Waals surface area contributed by atoms with E-state index in [1.807, 2.05) is 0 Å². The number of nitro benzene ring substituents is 1. The highest BCUT2D eigenvalue weighted by Gasteiger charge is 2.21. The smallest absolute Gasteiger partial charge is 0.316 e. The molecule has 142 valence electrons. The number of nitro groups is 1. The van der Waals surface area contributed by atoms with Crippen LogP contribution in [0.4, 0.5) is 11.4 Å². The maximum Gasteiger partial charge on any atom is 0.328 e. The van der Waals surface area contributed by atoms with Crippen LogP contribution in [0.1, 0.15) is 21.6 Å². The summed E-state index contributed by atoms with van der Waals surface area (Å²) >= 11 is 0. The summed E-state index contributed by atoms with van der Waals surface area (Å²) in [6.45, 7) is 1.47. The van der Waals surface area contributed by atoms with E-state index in [9.17, 15) is 24.5 Å². The first kappa shape index (κ1) is 18.7. The number of para-hydroxylation sites is 1. The highest BCUT2D eigenvalue weighted by molar-refractivity contribution is 6.05. The quantitative estimate of drug-likeness (QED) is 0.506. The van der Waals surface area contributed by atoms with Crippen molar-refractivity contribution in [1.29, 1.82) is 0 Å². The number of H-pyrrole nitrogens is 1. The van der Waals surface area contributed by atoms with Crippen molar-refractivity contribution in [3.8, 4) is 0 Å². The van der Waals surface area contributed by atoms with Gasteiger partial charge in [-0.2, -0.15) is 0 Å². The van der Waals surface area contributed by atoms with Gasteiger partial charge in [0.15, 0.2) is 0 Å². The van der Waals surface area contributed by atoms with Crippen LogP contribution in [0.5, 0.6) is 0 Å². The van der Waals surface area contributed by atoms with Gasteiger partial charge in [-0.1, -0.05) is 18.2 Å². The van der Waals surface area contributed by atoms with Crippen LogP contribution in [0.15, 0.2) is 58.4 Å². The van der Waals surface area contributed by atoms with Crippen LogP contribution in [-0.2, 0) is 6.54 Å². The molecule has 1 aromatic carbocycles. The Labute approximate surface area is 157 Å². The van der Waals surface area contributed by atoms with Crippen molar-refractivity contribution in [3.05, 3.63) is 96.6 Å². The van der Waals surface area contributed by atoms with Crippen LogP contribution in [0.2, 0.25) is 0 Å². The maximum absolute atomic E-state index is 12.7. The molecule has 0 bridgehead atoms. The minimum Gasteiger partial charge on any atom is -0.316 e. The molecule has 0 radical (unpaired) electrons. The van der Waals surface area contributed by atoms with Crippen LogP contribution in [0, 0.1) is 17.0 Å². The summed E-state index contributed by atoms with van der Waals surface area (Å²) in [4.78, 5) is 54.2. The fraction of sp³-hybridized carbons (Fsp3) is 0.111. The normalized spacial score (nSPS) is 10.5. The van der Waals surface area contributed by atoms with Gasteiger partial charge >= 0.3 is 5.69 Å². The second-order valence-electron chi connectivity index (χ2n) is 5.90. The van der Waals surface area contributed by atoms with Gasteiger partial charge in [-0.3, -0.25) is 29.3 Å². The molecule has 0 fully saturated rings. The van der Waals surface area contributed by atoms with E-state index in [2.05, 4.69) is 15.3 Å². The summed E-state index contributed by atoms with van der Waals surface area (Å²) in [5.74, 6) is -0.867. The van der Waals surface area contributed by atoms with Gasteiger partial charge in [0.05, 0.1) is 17.2 Å². The zero-order chi connectivity index (χ0) is 20.3. The van der Waals surface area contributed by atoms with Gasteiger partial charge in [0.1, 0.15) is 11.3 Å². The highest BCUT2D eigenvalue weighted by atomic mass is 16.6. The van der Waals surface area contributed by atoms with Crippen molar-refractivity contribution < 1.29 is 9.72 Å². The molecular weight excluding hydrogens is 366 g/mol. The number of nitrogens with one attached hydrogen (secondary N) is 2. The van der Waals surface area contributed by atoms with Crippen molar-refractivity contribution in [1.82, 2.24) is 14.5 Å². The summed E-state index contributed by atoms with van der Waals surface area (Å²) < 4.78 is 0.837. The molecule has 28 heavy (non-hydrogen) atoms. The number of carbonyl (C=O) groups excluding carboxylic acids is 1. The molecule has 0 saturated carbocycles. The molecule has 0 atom stereocenters. The minimum atomic E-state index is -0.867. The van der Waals surface area contributed by atoms with E-state index in [1.54, 1.807) is 31.2 Å². The Morgan fingerprint density at radius 1 is 1.25 bits per heavy atom. The van der Waals surface area contributed by atoms with Crippen LogP contribution in [-0.4, -0.2) is 25.4 Å². The van der Waals surface area contributed by atoms with E-state index in [0.717, 1.165) is 10.8 Å². The van der Waals surface area contributed by atoms with Gasteiger partial charge in [-0.15, -0.1) is 0 Å². The first-order chi connectivity index (χ1) is 13.4. The molecule has 0 aliphatic heterocycles. The summed E-state index contributed by atoms with van der Waals surface area (Å²) in [5.41, 5.74) is -1.28. The zero-order valence-electron chi connectivity index (χ0n) is 14.7. The Balaban J connectivity index is 1.98. The monoisotopic (exact) mass is 381 g/mol. The average molecular weight is 381 g/mol. The first-order valence-electron chi connectivity index (χ1n) is 8.16. The molecule has 0 unspecified atom stereocenters. The van der Waals surface area contributed by atoms with Crippen molar-refractivity contribution in [2.24, 2.45) is 0 Å². The van der Waals surface area contributed by atoms with Gasteiger partial charge in [-0.25, -0.2) is 4.79 Å². The van der Waals surface area contributed by atoms with Crippen molar-refractivity contribution in [3.63, 3.8) is 0 Å². The summed E-state index contributed by atoms with van der Waals surface area (Å²) in [7, 11) is 0. The van der Waals surface area contributed by atoms with Gasteiger partial charge in [0, 0.05) is 18.5 Å². The van der Waals surface area contributed by atoms with Crippen LogP contribution >= 0.6 is 0 Å². The number of aryl methyl sites for hydroxylation is 1. The summed E-state index contributed by atoms with van der Waals surface area (Å²) in [6.07, 6.45) is 2.50. The van der Waals surface area contributed by atoms with E-state index in [0.29, 0.717) is 11.3 Å². The standard InChI is InChI=1S/C18H15N5O5/c1-11-5-4-7-14(23(27)28)15(11)21-16(24)13-9-20-18(26)22(17(13)25)10-12-6-2-3-8-19-12/h2-9H,10H2,1H3,(H,20,26)(H,21,24). The Morgan fingerprint density at radius 2 is 2.04 bits per heavy atom. The maximum atomic E-state index is 12.7. The minimum absolute atomic E-state index is 0.0145. The van der Waals surface area contributed by atoms with E-state index in [-0.39, 0.29) is 23.5 Å². The number of carbonyl (C=O) groups is 1. The van der Waals surface area contributed by atoms with Crippen molar-refractivity contribution in [2.75, 3.05) is 5.32 Å². The van der Waals surface area contributed by atoms with Gasteiger partial charge < -0.3 is 10.3 Å². The number of hydrogen-bond acceptors (Lipinski definition) is 6. The lowest BCUT2D eigenvalue weighted by atomic mass is 10.1. The molecule has 0 saturated heterocycles. The third kappa shape index (κ3) is 3.70. The van der Waals surface area contributed by atoms with E-state index in [1.165, 1.54) is 18.3 Å². The van der Waals surface area contributed by atoms with Crippen LogP contribution in [0.25, 0.3) is 0 Å². The molecule has 10 nitrogen and oxygen atoms in total. The topological polar surface area (TPSA) is 140 Å². The molecule has 10 heteroatoms. The Hall–Kier alpha value is -4.08. The lowest BCUT2D eigenvalue weighted by Gasteiger charge is -2.10. The zero-order valence-corrected chi connectivity index (χ0v) is 14.7. The average Bonchev–Trinajstić information content (AvgIpc) is 2.67. The number of nitrogens with zero attached hydrogens (tertiary/aromatic N) is 3. The number of aromatic amines is 1. The van der Waals surface area contributed by atoms with Gasteiger partial charge in [-0.05, 0) is 24.6 Å². The third-order valence-corrected chi connectivity index (χ3v) is 4.04. The van der Waals surface area contributed by atoms with Gasteiger partial charge in [0.25, 0.3) is 17.2 Å². The van der Waals surface area contributed by atoms with E-state index >= 15 is 0 Å². The fourth-order valence-corrected chi connectivity index (χ4v) is 2.62. The molecule has 1 amide bonds. The lowest BCUT2D eigenvalue weighted by Crippen LogP contribution is -2.39. The predicted octanol–water partition coefficient (Wildman–Crippen LogP) is 1.45. The molecule has 0 aliphatic rings. The number of anilines is 1. The molecule has 0 aliphatic carbocycles. The summed E-state index contributed by atoms with van der Waals surface area (Å²) in [6, 6.07) is 9.35. The Bertz CT molecular complexity index is 1170. The number of benzene rings is 1. The van der Waals surface area contributed by atoms with Crippen molar-refractivity contribution in [2.45, 2.75) is 13.5 Å². The molecular formula is C18H15N5O5. The SMILES string of the molecule is Cc1cccc([N+](=O)[O-])c1NC(=O)c1c[nH]c(=O)n(Cc2ccccn2)c1=O. The Morgan fingerprint density at radius 3 is 2.71 bits per heavy atom. The number of pyridine rings is 1. The molecule has 3 rings (SSSR count). The van der Waals surface area contributed by atoms with Crippen molar-refractivity contribution >= 4 is 17.3 Å². The third-order valence-electron chi connectivity index (χ3n) is 4.04. The molecule has 0 spiro atoms. The molecule has 2 aromatic heterocycles. The summed E-state index contributed by atoms with van der Waals surface area (Å²) in [5, 5.41) is 13.6. The fourth-order valence-electron chi connectivity index (χ4n) is 2.62. The molecule has 3 aromatic rings. The second-order valence-corrected chi connectivity index (χ2v) is 5.90. The first-order valence-corrected chi connectivity index (χ1v) is 8.16. The Kier molecular flexibility index (Phi) is 5.12. The predicted molar refractivity (Wildman–Crippen MR) is 100 cm³/mol. The van der Waals surface area contributed by atoms with E-state index < -0.39 is 22.1 Å². The number of rotatable bonds is 5. The van der Waals surface area contributed by atoms with Crippen LogP contribution < -0.4 is 16.6 Å².